The second-order valence-corrected chi connectivity index (χ2v) is 3.98. The second-order valence-electron chi connectivity index (χ2n) is 2.75. The van der Waals surface area contributed by atoms with Gasteiger partial charge in [0.05, 0.1) is 4.60 Å². The third kappa shape index (κ3) is 1.15. The Hall–Kier alpha value is -0.470. The van der Waals surface area contributed by atoms with Crippen molar-refractivity contribution in [2.45, 2.75) is 6.92 Å². The van der Waals surface area contributed by atoms with Gasteiger partial charge in [-0.05, 0) is 46.6 Å². The first-order valence-corrected chi connectivity index (χ1v) is 4.79. The largest absolute Gasteiger partial charge is 0.349 e. The summed E-state index contributed by atoms with van der Waals surface area (Å²) in [4.78, 5) is 3.21. The van der Waals surface area contributed by atoms with E-state index in [-0.39, 0.29) is 0 Å². The van der Waals surface area contributed by atoms with Crippen molar-refractivity contribution in [3.63, 3.8) is 0 Å². The molecule has 1 N–H and O–H groups in total. The fourth-order valence-corrected chi connectivity index (χ4v) is 1.87. The molecular weight excluding hydrogens is 237 g/mol. The number of benzene rings is 1. The summed E-state index contributed by atoms with van der Waals surface area (Å²) < 4.78 is 1.03. The molecule has 0 aliphatic rings. The molecule has 0 aliphatic heterocycles. The Morgan fingerprint density at radius 2 is 2.17 bits per heavy atom. The number of halogens is 2. The first-order valence-electron chi connectivity index (χ1n) is 3.62. The number of hydrogen-bond donors (Lipinski definition) is 1. The maximum Gasteiger partial charge on any atom is 0.0860 e. The molecule has 62 valence electrons. The van der Waals surface area contributed by atoms with E-state index in [0.717, 1.165) is 15.1 Å². The molecule has 0 spiro atoms. The van der Waals surface area contributed by atoms with Crippen molar-refractivity contribution < 1.29 is 0 Å². The summed E-state index contributed by atoms with van der Waals surface area (Å²) in [5.74, 6) is 0. The summed E-state index contributed by atoms with van der Waals surface area (Å²) in [6, 6.07) is 5.83. The minimum Gasteiger partial charge on any atom is -0.349 e. The zero-order chi connectivity index (χ0) is 8.72. The van der Waals surface area contributed by atoms with Crippen LogP contribution in [0.1, 0.15) is 5.56 Å². The quantitative estimate of drug-likeness (QED) is 0.724. The minimum atomic E-state index is 0.775. The molecule has 2 rings (SSSR count). The van der Waals surface area contributed by atoms with Crippen LogP contribution in [0.4, 0.5) is 0 Å². The highest BCUT2D eigenvalue weighted by atomic mass is 79.9. The highest BCUT2D eigenvalue weighted by Gasteiger charge is 2.04. The Labute approximate surface area is 83.9 Å². The molecule has 3 heteroatoms. The van der Waals surface area contributed by atoms with E-state index < -0.39 is 0 Å². The van der Waals surface area contributed by atoms with Gasteiger partial charge in [-0.25, -0.2) is 0 Å². The van der Waals surface area contributed by atoms with Gasteiger partial charge in [-0.3, -0.25) is 0 Å². The maximum absolute atomic E-state index is 5.87. The lowest BCUT2D eigenvalue weighted by Gasteiger charge is -1.91. The van der Waals surface area contributed by atoms with E-state index in [2.05, 4.69) is 27.8 Å². The third-order valence-corrected chi connectivity index (χ3v) is 2.99. The lowest BCUT2D eigenvalue weighted by Crippen LogP contribution is -1.68. The fraction of sp³-hybridized carbons (Fsp3) is 0.111. The Morgan fingerprint density at radius 3 is 2.92 bits per heavy atom. The summed E-state index contributed by atoms with van der Waals surface area (Å²) >= 11 is 9.31. The van der Waals surface area contributed by atoms with Crippen LogP contribution < -0.4 is 0 Å². The smallest absolute Gasteiger partial charge is 0.0860 e. The van der Waals surface area contributed by atoms with Gasteiger partial charge in [0.1, 0.15) is 0 Å². The van der Waals surface area contributed by atoms with Crippen LogP contribution in [0.15, 0.2) is 22.8 Å². The fourth-order valence-electron chi connectivity index (χ4n) is 1.27. The van der Waals surface area contributed by atoms with Gasteiger partial charge in [0.15, 0.2) is 0 Å². The number of H-pyrrole nitrogens is 1. The van der Waals surface area contributed by atoms with Crippen LogP contribution in [0.2, 0.25) is 5.02 Å². The Morgan fingerprint density at radius 1 is 1.42 bits per heavy atom. The molecule has 1 heterocycles. The monoisotopic (exact) mass is 243 g/mol. The van der Waals surface area contributed by atoms with Crippen molar-refractivity contribution in [2.24, 2.45) is 0 Å². The van der Waals surface area contributed by atoms with Crippen LogP contribution in [0.5, 0.6) is 0 Å². The van der Waals surface area contributed by atoms with Gasteiger partial charge in [0.25, 0.3) is 0 Å². The number of nitrogens with one attached hydrogen (secondary N) is 1. The number of fused-ring (bicyclic) bond motifs is 1. The van der Waals surface area contributed by atoms with Crippen LogP contribution >= 0.6 is 27.5 Å². The number of aromatic nitrogens is 1. The summed E-state index contributed by atoms with van der Waals surface area (Å²) in [6.07, 6.45) is 0. The SMILES string of the molecule is Cc1c(Br)[nH]c2ccc(Cl)cc12. The number of rotatable bonds is 0. The molecule has 0 radical (unpaired) electrons. The van der Waals surface area contributed by atoms with Crippen LogP contribution in [-0.2, 0) is 0 Å². The van der Waals surface area contributed by atoms with Gasteiger partial charge in [-0.1, -0.05) is 11.6 Å². The van der Waals surface area contributed by atoms with E-state index in [4.69, 9.17) is 11.6 Å². The normalized spacial score (nSPS) is 10.9. The first-order chi connectivity index (χ1) is 5.68. The number of aromatic amines is 1. The predicted molar refractivity (Wildman–Crippen MR) is 55.7 cm³/mol. The molecule has 0 saturated heterocycles. The molecule has 1 nitrogen and oxygen atoms in total. The molecule has 0 bridgehead atoms. The topological polar surface area (TPSA) is 15.8 Å². The lowest BCUT2D eigenvalue weighted by atomic mass is 10.2. The molecule has 0 saturated carbocycles. The summed E-state index contributed by atoms with van der Waals surface area (Å²) in [5.41, 5.74) is 2.32. The molecule has 2 aromatic rings. The van der Waals surface area contributed by atoms with E-state index in [1.54, 1.807) is 0 Å². The van der Waals surface area contributed by atoms with E-state index in [9.17, 15) is 0 Å². The van der Waals surface area contributed by atoms with Gasteiger partial charge < -0.3 is 4.98 Å². The van der Waals surface area contributed by atoms with Crippen molar-refractivity contribution in [1.29, 1.82) is 0 Å². The van der Waals surface area contributed by atoms with Crippen molar-refractivity contribution in [1.82, 2.24) is 4.98 Å². The van der Waals surface area contributed by atoms with Crippen LogP contribution in [-0.4, -0.2) is 4.98 Å². The Kier molecular flexibility index (Phi) is 1.89. The molecule has 1 aromatic carbocycles. The molecule has 0 fully saturated rings. The predicted octanol–water partition coefficient (Wildman–Crippen LogP) is 3.89. The van der Waals surface area contributed by atoms with Gasteiger partial charge in [-0.2, -0.15) is 0 Å². The summed E-state index contributed by atoms with van der Waals surface area (Å²) in [6.45, 7) is 2.05. The average Bonchev–Trinajstić information content (AvgIpc) is 2.31. The molecule has 0 amide bonds. The molecule has 12 heavy (non-hydrogen) atoms. The van der Waals surface area contributed by atoms with Gasteiger partial charge in [0.2, 0.25) is 0 Å². The van der Waals surface area contributed by atoms with Crippen molar-refractivity contribution >= 4 is 38.4 Å². The summed E-state index contributed by atoms with van der Waals surface area (Å²) in [5, 5.41) is 1.95. The summed E-state index contributed by atoms with van der Waals surface area (Å²) in [7, 11) is 0. The Bertz CT molecular complexity index is 433. The number of hydrogen-bond acceptors (Lipinski definition) is 0. The zero-order valence-electron chi connectivity index (χ0n) is 6.49. The van der Waals surface area contributed by atoms with Gasteiger partial charge in [0, 0.05) is 15.9 Å². The Balaban J connectivity index is 2.88. The van der Waals surface area contributed by atoms with E-state index in [1.165, 1.54) is 10.9 Å². The van der Waals surface area contributed by atoms with E-state index >= 15 is 0 Å². The number of aryl methyl sites for hydroxylation is 1. The van der Waals surface area contributed by atoms with Crippen LogP contribution in [0, 0.1) is 6.92 Å². The van der Waals surface area contributed by atoms with Gasteiger partial charge in [-0.15, -0.1) is 0 Å². The lowest BCUT2D eigenvalue weighted by molar-refractivity contribution is 1.36. The minimum absolute atomic E-state index is 0.775. The molecule has 0 atom stereocenters. The molecule has 0 unspecified atom stereocenters. The maximum atomic E-state index is 5.87. The third-order valence-electron chi connectivity index (χ3n) is 1.96. The second kappa shape index (κ2) is 2.79. The van der Waals surface area contributed by atoms with Crippen molar-refractivity contribution in [2.75, 3.05) is 0 Å². The van der Waals surface area contributed by atoms with Crippen molar-refractivity contribution in [3.05, 3.63) is 33.4 Å². The van der Waals surface area contributed by atoms with E-state index in [0.29, 0.717) is 0 Å². The first kappa shape index (κ1) is 8.14. The highest BCUT2D eigenvalue weighted by molar-refractivity contribution is 9.10. The van der Waals surface area contributed by atoms with Crippen molar-refractivity contribution in [3.8, 4) is 0 Å². The molecule has 1 aromatic heterocycles. The average molecular weight is 245 g/mol. The van der Waals surface area contributed by atoms with Crippen LogP contribution in [0.3, 0.4) is 0 Å². The molecular formula is C9H7BrClN. The molecule has 0 aliphatic carbocycles. The van der Waals surface area contributed by atoms with E-state index in [1.807, 2.05) is 18.2 Å². The van der Waals surface area contributed by atoms with Crippen LogP contribution in [0.25, 0.3) is 10.9 Å². The van der Waals surface area contributed by atoms with Gasteiger partial charge >= 0.3 is 0 Å². The highest BCUT2D eigenvalue weighted by Crippen LogP contribution is 2.27. The zero-order valence-corrected chi connectivity index (χ0v) is 8.83. The standard InChI is InChI=1S/C9H7BrClN/c1-5-7-4-6(11)2-3-8(7)12-9(5)10/h2-4,12H,1H3.